The van der Waals surface area contributed by atoms with Crippen molar-refractivity contribution in [2.45, 2.75) is 46.5 Å². The first-order chi connectivity index (χ1) is 9.35. The number of carbonyl (C=O) groups is 1. The van der Waals surface area contributed by atoms with Gasteiger partial charge in [0.15, 0.2) is 0 Å². The highest BCUT2D eigenvalue weighted by atomic mass is 79.9. The fraction of sp³-hybridized carbons (Fsp3) is 0.562. The van der Waals surface area contributed by atoms with E-state index < -0.39 is 0 Å². The molecule has 0 spiro atoms. The van der Waals surface area contributed by atoms with E-state index in [1.54, 1.807) is 12.1 Å². The Labute approximate surface area is 130 Å². The molecule has 0 heterocycles. The van der Waals surface area contributed by atoms with Gasteiger partial charge in [0, 0.05) is 16.7 Å². The lowest BCUT2D eigenvalue weighted by Crippen LogP contribution is -2.34. The summed E-state index contributed by atoms with van der Waals surface area (Å²) in [5, 5.41) is 2.99. The van der Waals surface area contributed by atoms with Crippen molar-refractivity contribution in [2.75, 3.05) is 12.3 Å². The van der Waals surface area contributed by atoms with Crippen LogP contribution in [0.25, 0.3) is 0 Å². The molecule has 1 amide bonds. The first-order valence-electron chi connectivity index (χ1n) is 7.19. The number of nitrogens with one attached hydrogen (secondary N) is 1. The number of hydrogen-bond acceptors (Lipinski definition) is 2. The summed E-state index contributed by atoms with van der Waals surface area (Å²) in [6.45, 7) is 7.24. The highest BCUT2D eigenvalue weighted by Crippen LogP contribution is 2.23. The van der Waals surface area contributed by atoms with Crippen LogP contribution < -0.4 is 11.1 Å². The number of nitrogens with two attached hydrogens (primary N) is 1. The number of hydrogen-bond donors (Lipinski definition) is 2. The average molecular weight is 341 g/mol. The maximum atomic E-state index is 12.2. The number of rotatable bonds is 7. The second-order valence-electron chi connectivity index (χ2n) is 6.04. The third-order valence-electron chi connectivity index (χ3n) is 3.44. The molecule has 3 N–H and O–H groups in total. The minimum Gasteiger partial charge on any atom is -0.398 e. The molecule has 0 aliphatic rings. The van der Waals surface area contributed by atoms with Crippen molar-refractivity contribution in [3.8, 4) is 0 Å². The minimum absolute atomic E-state index is 0.104. The van der Waals surface area contributed by atoms with E-state index in [0.717, 1.165) is 10.9 Å². The summed E-state index contributed by atoms with van der Waals surface area (Å²) in [4.78, 5) is 12.2. The maximum absolute atomic E-state index is 12.2. The number of unbranched alkanes of at least 4 members (excludes halogenated alkanes) is 2. The average Bonchev–Trinajstić information content (AvgIpc) is 2.39. The van der Waals surface area contributed by atoms with Crippen LogP contribution in [0, 0.1) is 5.41 Å². The van der Waals surface area contributed by atoms with E-state index in [-0.39, 0.29) is 11.3 Å². The molecule has 1 aromatic rings. The summed E-state index contributed by atoms with van der Waals surface area (Å²) < 4.78 is 0.860. The fourth-order valence-corrected chi connectivity index (χ4v) is 2.44. The van der Waals surface area contributed by atoms with Crippen LogP contribution in [-0.4, -0.2) is 12.5 Å². The quantitative estimate of drug-likeness (QED) is 0.572. The predicted molar refractivity (Wildman–Crippen MR) is 88.8 cm³/mol. The molecule has 4 heteroatoms. The van der Waals surface area contributed by atoms with Gasteiger partial charge in [-0.1, -0.05) is 56.0 Å². The summed E-state index contributed by atoms with van der Waals surface area (Å²) in [5.74, 6) is -0.104. The van der Waals surface area contributed by atoms with Gasteiger partial charge in [0.2, 0.25) is 0 Å². The van der Waals surface area contributed by atoms with Gasteiger partial charge in [0.1, 0.15) is 0 Å². The summed E-state index contributed by atoms with van der Waals surface area (Å²) in [7, 11) is 0. The van der Waals surface area contributed by atoms with Crippen LogP contribution in [0.1, 0.15) is 56.8 Å². The molecule has 0 fully saturated rings. The van der Waals surface area contributed by atoms with Crippen LogP contribution >= 0.6 is 15.9 Å². The highest BCUT2D eigenvalue weighted by Gasteiger charge is 2.19. The number of anilines is 1. The Morgan fingerprint density at radius 3 is 2.70 bits per heavy atom. The third kappa shape index (κ3) is 5.53. The van der Waals surface area contributed by atoms with Crippen molar-refractivity contribution < 1.29 is 4.79 Å². The largest absolute Gasteiger partial charge is 0.398 e. The number of nitrogen functional groups attached to an aromatic ring is 1. The molecule has 20 heavy (non-hydrogen) atoms. The van der Waals surface area contributed by atoms with Crippen molar-refractivity contribution in [1.82, 2.24) is 5.32 Å². The summed E-state index contributed by atoms with van der Waals surface area (Å²) >= 11 is 3.36. The monoisotopic (exact) mass is 340 g/mol. The van der Waals surface area contributed by atoms with Gasteiger partial charge in [-0.3, -0.25) is 4.79 Å². The molecule has 0 aromatic heterocycles. The van der Waals surface area contributed by atoms with Gasteiger partial charge in [-0.2, -0.15) is 0 Å². The Kier molecular flexibility index (Phi) is 6.53. The zero-order chi connectivity index (χ0) is 15.2. The lowest BCUT2D eigenvalue weighted by Gasteiger charge is -2.25. The van der Waals surface area contributed by atoms with Gasteiger partial charge in [-0.15, -0.1) is 0 Å². The van der Waals surface area contributed by atoms with E-state index >= 15 is 0 Å². The molecule has 0 aliphatic heterocycles. The molecule has 0 radical (unpaired) electrons. The second-order valence-corrected chi connectivity index (χ2v) is 6.95. The summed E-state index contributed by atoms with van der Waals surface area (Å²) in [6.07, 6.45) is 4.79. The van der Waals surface area contributed by atoms with Crippen molar-refractivity contribution in [2.24, 2.45) is 5.41 Å². The van der Waals surface area contributed by atoms with E-state index in [1.165, 1.54) is 19.3 Å². The van der Waals surface area contributed by atoms with Gasteiger partial charge >= 0.3 is 0 Å². The van der Waals surface area contributed by atoms with Gasteiger partial charge in [-0.25, -0.2) is 0 Å². The molecule has 112 valence electrons. The number of benzene rings is 1. The molecular formula is C16H25BrN2O. The van der Waals surface area contributed by atoms with E-state index in [2.05, 4.69) is 42.0 Å². The second kappa shape index (κ2) is 7.67. The Hall–Kier alpha value is -1.03. The van der Waals surface area contributed by atoms with Gasteiger partial charge in [0.05, 0.1) is 5.56 Å². The fourth-order valence-electron chi connectivity index (χ4n) is 2.08. The molecule has 1 aromatic carbocycles. The van der Waals surface area contributed by atoms with Crippen molar-refractivity contribution >= 4 is 27.5 Å². The highest BCUT2D eigenvalue weighted by molar-refractivity contribution is 9.10. The van der Waals surface area contributed by atoms with E-state index in [0.29, 0.717) is 17.8 Å². The Morgan fingerprint density at radius 2 is 2.05 bits per heavy atom. The van der Waals surface area contributed by atoms with Crippen LogP contribution in [0.15, 0.2) is 22.7 Å². The Balaban J connectivity index is 2.56. The summed E-state index contributed by atoms with van der Waals surface area (Å²) in [5.41, 5.74) is 7.00. The van der Waals surface area contributed by atoms with Crippen LogP contribution in [0.3, 0.4) is 0 Å². The molecule has 3 nitrogen and oxygen atoms in total. The Morgan fingerprint density at radius 1 is 1.35 bits per heavy atom. The molecule has 0 saturated heterocycles. The smallest absolute Gasteiger partial charge is 0.253 e. The SMILES string of the molecule is CCCCCC(C)(C)CNC(=O)c1cc(Br)ccc1N. The molecule has 0 bridgehead atoms. The van der Waals surface area contributed by atoms with Gasteiger partial charge < -0.3 is 11.1 Å². The molecule has 0 atom stereocenters. The molecule has 0 aliphatic carbocycles. The van der Waals surface area contributed by atoms with Gasteiger partial charge in [0.25, 0.3) is 5.91 Å². The van der Waals surface area contributed by atoms with E-state index in [4.69, 9.17) is 5.73 Å². The van der Waals surface area contributed by atoms with Crippen molar-refractivity contribution in [3.05, 3.63) is 28.2 Å². The number of halogens is 1. The molecule has 0 unspecified atom stereocenters. The van der Waals surface area contributed by atoms with Crippen LogP contribution in [0.5, 0.6) is 0 Å². The molecule has 0 saturated carbocycles. The number of carbonyl (C=O) groups excluding carboxylic acids is 1. The Bertz CT molecular complexity index is 458. The van der Waals surface area contributed by atoms with Crippen LogP contribution in [0.4, 0.5) is 5.69 Å². The molecular weight excluding hydrogens is 316 g/mol. The van der Waals surface area contributed by atoms with E-state index in [1.807, 2.05) is 6.07 Å². The van der Waals surface area contributed by atoms with Crippen molar-refractivity contribution in [3.63, 3.8) is 0 Å². The van der Waals surface area contributed by atoms with Crippen LogP contribution in [0.2, 0.25) is 0 Å². The normalized spacial score (nSPS) is 11.4. The standard InChI is InChI=1S/C16H25BrN2O/c1-4-5-6-9-16(2,3)11-19-15(20)13-10-12(17)7-8-14(13)18/h7-8,10H,4-6,9,11,18H2,1-3H3,(H,19,20). The first kappa shape index (κ1) is 17.0. The van der Waals surface area contributed by atoms with Gasteiger partial charge in [-0.05, 0) is 30.0 Å². The zero-order valence-electron chi connectivity index (χ0n) is 12.6. The summed E-state index contributed by atoms with van der Waals surface area (Å²) in [6, 6.07) is 5.33. The topological polar surface area (TPSA) is 55.1 Å². The molecule has 1 rings (SSSR count). The predicted octanol–water partition coefficient (Wildman–Crippen LogP) is 4.37. The number of amides is 1. The lowest BCUT2D eigenvalue weighted by atomic mass is 9.87. The maximum Gasteiger partial charge on any atom is 0.253 e. The third-order valence-corrected chi connectivity index (χ3v) is 3.94. The lowest BCUT2D eigenvalue weighted by molar-refractivity contribution is 0.0935. The van der Waals surface area contributed by atoms with Crippen LogP contribution in [-0.2, 0) is 0 Å². The zero-order valence-corrected chi connectivity index (χ0v) is 14.2. The first-order valence-corrected chi connectivity index (χ1v) is 7.98. The van der Waals surface area contributed by atoms with E-state index in [9.17, 15) is 4.79 Å². The van der Waals surface area contributed by atoms with Crippen molar-refractivity contribution in [1.29, 1.82) is 0 Å². The minimum atomic E-state index is -0.104.